The fourth-order valence-electron chi connectivity index (χ4n) is 3.19. The van der Waals surface area contributed by atoms with Crippen molar-refractivity contribution in [2.45, 2.75) is 50.9 Å². The topological polar surface area (TPSA) is 126 Å². The number of hydrogen-bond acceptors (Lipinski definition) is 6. The first kappa shape index (κ1) is 28.0. The average Bonchev–Trinajstić information content (AvgIpc) is 2.81. The number of nitrogens with zero attached hydrogens (tertiary/aromatic N) is 1. The Balaban J connectivity index is 2.11. The summed E-state index contributed by atoms with van der Waals surface area (Å²) in [6, 6.07) is 17.3. The summed E-state index contributed by atoms with van der Waals surface area (Å²) in [7, 11) is 3.38. The lowest BCUT2D eigenvalue weighted by Crippen LogP contribution is -2.60. The fourth-order valence-corrected chi connectivity index (χ4v) is 3.19. The first-order valence-corrected chi connectivity index (χ1v) is 11.6. The molecule has 9 heteroatoms. The normalized spacial score (nSPS) is 13.1. The Bertz CT molecular complexity index is 945. The molecule has 2 aromatic rings. The van der Waals surface area contributed by atoms with Gasteiger partial charge >= 0.3 is 0 Å². The number of benzene rings is 2. The van der Waals surface area contributed by atoms with E-state index in [-0.39, 0.29) is 19.1 Å². The first-order valence-electron chi connectivity index (χ1n) is 11.6. The first-order chi connectivity index (χ1) is 16.6. The number of ether oxygens (including phenoxy) is 1. The number of amides is 3. The molecule has 0 fully saturated rings. The summed E-state index contributed by atoms with van der Waals surface area (Å²) in [4.78, 5) is 38.6. The van der Waals surface area contributed by atoms with Gasteiger partial charge < -0.3 is 21.1 Å². The van der Waals surface area contributed by atoms with Crippen molar-refractivity contribution in [3.63, 3.8) is 0 Å². The molecular formula is C26H37N5O4. The van der Waals surface area contributed by atoms with Gasteiger partial charge in [-0.15, -0.1) is 0 Å². The lowest BCUT2D eigenvalue weighted by atomic mass is 10.0. The number of aryl methyl sites for hydroxylation is 1. The molecule has 0 aliphatic rings. The van der Waals surface area contributed by atoms with Crippen molar-refractivity contribution in [2.24, 2.45) is 5.73 Å². The molecule has 3 amide bonds. The molecule has 2 aromatic carbocycles. The summed E-state index contributed by atoms with van der Waals surface area (Å²) in [6.45, 7) is 3.29. The second-order valence-corrected chi connectivity index (χ2v) is 9.20. The molecule has 9 nitrogen and oxygen atoms in total. The molecule has 0 radical (unpaired) electrons. The van der Waals surface area contributed by atoms with Crippen molar-refractivity contribution >= 4 is 17.7 Å². The molecule has 1 unspecified atom stereocenters. The van der Waals surface area contributed by atoms with Gasteiger partial charge in [-0.25, -0.2) is 5.01 Å². The zero-order valence-electron chi connectivity index (χ0n) is 20.9. The van der Waals surface area contributed by atoms with E-state index in [1.807, 2.05) is 60.7 Å². The maximum atomic E-state index is 13.2. The van der Waals surface area contributed by atoms with Crippen molar-refractivity contribution in [1.29, 1.82) is 0 Å². The van der Waals surface area contributed by atoms with Crippen molar-refractivity contribution in [3.8, 4) is 0 Å². The second-order valence-electron chi connectivity index (χ2n) is 9.20. The highest BCUT2D eigenvalue weighted by Gasteiger charge is 2.31. The number of carbonyl (C=O) groups is 3. The van der Waals surface area contributed by atoms with Crippen molar-refractivity contribution in [1.82, 2.24) is 21.1 Å². The quantitative estimate of drug-likeness (QED) is 0.317. The zero-order chi connectivity index (χ0) is 25.8. The predicted octanol–water partition coefficient (Wildman–Crippen LogP) is 1.14. The van der Waals surface area contributed by atoms with Gasteiger partial charge in [0.25, 0.3) is 5.91 Å². The number of carbonyl (C=O) groups excluding carboxylic acids is 3. The number of nitrogens with two attached hydrogens (primary N) is 1. The molecule has 190 valence electrons. The third-order valence-corrected chi connectivity index (χ3v) is 5.13. The molecule has 0 heterocycles. The van der Waals surface area contributed by atoms with Crippen LogP contribution in [-0.4, -0.2) is 61.1 Å². The molecule has 5 N–H and O–H groups in total. The van der Waals surface area contributed by atoms with Crippen LogP contribution in [0.1, 0.15) is 31.4 Å². The Morgan fingerprint density at radius 2 is 1.46 bits per heavy atom. The molecule has 2 rings (SSSR count). The maximum Gasteiger partial charge on any atom is 0.256 e. The zero-order valence-corrected chi connectivity index (χ0v) is 20.9. The van der Waals surface area contributed by atoms with E-state index in [4.69, 9.17) is 10.5 Å². The van der Waals surface area contributed by atoms with E-state index in [2.05, 4.69) is 16.1 Å². The number of rotatable bonds is 13. The van der Waals surface area contributed by atoms with Crippen LogP contribution in [0.5, 0.6) is 0 Å². The molecule has 0 spiro atoms. The Kier molecular flexibility index (Phi) is 10.8. The predicted molar refractivity (Wildman–Crippen MR) is 135 cm³/mol. The van der Waals surface area contributed by atoms with Crippen LogP contribution in [-0.2, 0) is 32.1 Å². The summed E-state index contributed by atoms with van der Waals surface area (Å²) in [5.74, 6) is -1.38. The highest BCUT2D eigenvalue weighted by Crippen LogP contribution is 2.07. The highest BCUT2D eigenvalue weighted by atomic mass is 16.5. The van der Waals surface area contributed by atoms with Gasteiger partial charge in [0.1, 0.15) is 12.1 Å². The fraction of sp³-hybridized carbons (Fsp3) is 0.423. The standard InChI is InChI=1S/C26H37N5O4/c1-26(2,27)25(34)29-22(18-35-17-20-13-9-6-10-14-20)23(32)28-21(24(33)30-31(3)4)16-15-19-11-7-5-8-12-19/h5-14,21-22H,15-18,27H2,1-4H3,(H,28,32)(H,29,34)(H,30,33)/t21-,22?/m0/s1. The van der Waals surface area contributed by atoms with E-state index >= 15 is 0 Å². The van der Waals surface area contributed by atoms with Crippen LogP contribution in [0.2, 0.25) is 0 Å². The van der Waals surface area contributed by atoms with E-state index in [1.165, 1.54) is 5.01 Å². The lowest BCUT2D eigenvalue weighted by Gasteiger charge is -2.26. The van der Waals surface area contributed by atoms with E-state index in [9.17, 15) is 14.4 Å². The van der Waals surface area contributed by atoms with E-state index in [0.29, 0.717) is 12.8 Å². The van der Waals surface area contributed by atoms with Crippen molar-refractivity contribution in [2.75, 3.05) is 20.7 Å². The van der Waals surface area contributed by atoms with Crippen LogP contribution in [0.3, 0.4) is 0 Å². The summed E-state index contributed by atoms with van der Waals surface area (Å²) < 4.78 is 5.73. The Hall–Kier alpha value is -3.27. The van der Waals surface area contributed by atoms with Crippen molar-refractivity contribution < 1.29 is 19.1 Å². The highest BCUT2D eigenvalue weighted by molar-refractivity contribution is 5.94. The van der Waals surface area contributed by atoms with Crippen LogP contribution in [0.25, 0.3) is 0 Å². The van der Waals surface area contributed by atoms with Crippen molar-refractivity contribution in [3.05, 3.63) is 71.8 Å². The SMILES string of the molecule is CN(C)NC(=O)[C@H](CCc1ccccc1)NC(=O)C(COCc1ccccc1)NC(=O)C(C)(C)N. The van der Waals surface area contributed by atoms with Gasteiger partial charge in [-0.05, 0) is 37.8 Å². The van der Waals surface area contributed by atoms with Gasteiger partial charge in [0.05, 0.1) is 18.8 Å². The summed E-state index contributed by atoms with van der Waals surface area (Å²) in [5.41, 5.74) is 9.40. The summed E-state index contributed by atoms with van der Waals surface area (Å²) >= 11 is 0. The summed E-state index contributed by atoms with van der Waals surface area (Å²) in [5, 5.41) is 6.96. The minimum Gasteiger partial charge on any atom is -0.374 e. The van der Waals surface area contributed by atoms with Gasteiger partial charge in [-0.2, -0.15) is 0 Å². The smallest absolute Gasteiger partial charge is 0.256 e. The molecule has 35 heavy (non-hydrogen) atoms. The van der Waals surface area contributed by atoms with E-state index in [0.717, 1.165) is 11.1 Å². The summed E-state index contributed by atoms with van der Waals surface area (Å²) in [6.07, 6.45) is 0.966. The molecule has 0 aromatic heterocycles. The van der Waals surface area contributed by atoms with Crippen LogP contribution in [0.15, 0.2) is 60.7 Å². The lowest BCUT2D eigenvalue weighted by molar-refractivity contribution is -0.135. The number of hydrogen-bond donors (Lipinski definition) is 4. The molecule has 0 bridgehead atoms. The third-order valence-electron chi connectivity index (χ3n) is 5.13. The minimum atomic E-state index is -1.19. The number of nitrogens with one attached hydrogen (secondary N) is 3. The van der Waals surface area contributed by atoms with Gasteiger partial charge in [0.2, 0.25) is 11.8 Å². The average molecular weight is 484 g/mol. The third kappa shape index (κ3) is 10.3. The monoisotopic (exact) mass is 483 g/mol. The van der Waals surface area contributed by atoms with Gasteiger partial charge in [-0.1, -0.05) is 60.7 Å². The molecule has 0 aliphatic carbocycles. The van der Waals surface area contributed by atoms with Gasteiger partial charge in [0.15, 0.2) is 0 Å². The molecular weight excluding hydrogens is 446 g/mol. The Morgan fingerprint density at radius 3 is 2.00 bits per heavy atom. The molecule has 2 atom stereocenters. The molecule has 0 saturated carbocycles. The Labute approximate surface area is 207 Å². The molecule has 0 saturated heterocycles. The number of hydrazine groups is 1. The van der Waals surface area contributed by atoms with E-state index in [1.54, 1.807) is 27.9 Å². The minimum absolute atomic E-state index is 0.0801. The second kappa shape index (κ2) is 13.6. The largest absolute Gasteiger partial charge is 0.374 e. The van der Waals surface area contributed by atoms with Gasteiger partial charge in [0, 0.05) is 14.1 Å². The van der Waals surface area contributed by atoms with Crippen LogP contribution >= 0.6 is 0 Å². The van der Waals surface area contributed by atoms with E-state index < -0.39 is 29.4 Å². The van der Waals surface area contributed by atoms with Crippen LogP contribution in [0.4, 0.5) is 0 Å². The maximum absolute atomic E-state index is 13.2. The molecule has 0 aliphatic heterocycles. The van der Waals surface area contributed by atoms with Crippen LogP contribution < -0.4 is 21.8 Å². The van der Waals surface area contributed by atoms with Gasteiger partial charge in [-0.3, -0.25) is 19.8 Å². The van der Waals surface area contributed by atoms with Crippen LogP contribution in [0, 0.1) is 0 Å². The Morgan fingerprint density at radius 1 is 0.886 bits per heavy atom.